The quantitative estimate of drug-likeness (QED) is 0.492. The van der Waals surface area contributed by atoms with Crippen LogP contribution in [0.15, 0.2) is 28.9 Å². The summed E-state index contributed by atoms with van der Waals surface area (Å²) in [6.07, 6.45) is 5.38. The van der Waals surface area contributed by atoms with Gasteiger partial charge in [-0.3, -0.25) is 0 Å². The largest absolute Gasteiger partial charge is 0.441 e. The number of allylic oxidation sites excluding steroid dienone is 2. The fourth-order valence-electron chi connectivity index (χ4n) is 0.905. The predicted octanol–water partition coefficient (Wildman–Crippen LogP) is 2.65. The minimum atomic E-state index is 0.690. The summed E-state index contributed by atoms with van der Waals surface area (Å²) in [7, 11) is 0. The van der Waals surface area contributed by atoms with Gasteiger partial charge in [-0.15, -0.1) is 5.73 Å². The molecule has 0 bridgehead atoms. The van der Waals surface area contributed by atoms with Gasteiger partial charge in [0.1, 0.15) is 5.76 Å². The second-order valence-corrected chi connectivity index (χ2v) is 2.41. The van der Waals surface area contributed by atoms with E-state index in [0.29, 0.717) is 5.89 Å². The van der Waals surface area contributed by atoms with Gasteiger partial charge in [0.15, 0.2) is 5.89 Å². The van der Waals surface area contributed by atoms with E-state index >= 15 is 0 Å². The maximum atomic E-state index is 5.29. The van der Waals surface area contributed by atoms with Gasteiger partial charge in [0.05, 0.1) is 5.69 Å². The number of oxazole rings is 1. The van der Waals surface area contributed by atoms with E-state index in [0.717, 1.165) is 11.5 Å². The van der Waals surface area contributed by atoms with Crippen LogP contribution in [0.3, 0.4) is 0 Å². The Kier molecular flexibility index (Phi) is 2.67. The monoisotopic (exact) mass is 161 g/mol. The third-order valence-electron chi connectivity index (χ3n) is 1.40. The van der Waals surface area contributed by atoms with E-state index in [1.807, 2.05) is 26.0 Å². The Morgan fingerprint density at radius 3 is 2.75 bits per heavy atom. The molecule has 1 heterocycles. The predicted molar refractivity (Wildman–Crippen MR) is 48.7 cm³/mol. The summed E-state index contributed by atoms with van der Waals surface area (Å²) >= 11 is 0. The molecule has 12 heavy (non-hydrogen) atoms. The minimum absolute atomic E-state index is 0.690. The number of nitrogens with zero attached hydrogens (tertiary/aromatic N) is 1. The van der Waals surface area contributed by atoms with Gasteiger partial charge in [0.25, 0.3) is 0 Å². The second-order valence-electron chi connectivity index (χ2n) is 2.41. The highest BCUT2D eigenvalue weighted by Crippen LogP contribution is 2.10. The number of hydrogen-bond acceptors (Lipinski definition) is 2. The molecular formula is C10H11NO. The zero-order valence-electron chi connectivity index (χ0n) is 7.29. The number of aryl methyl sites for hydroxylation is 2. The van der Waals surface area contributed by atoms with Crippen molar-refractivity contribution in [1.29, 1.82) is 0 Å². The zero-order valence-corrected chi connectivity index (χ0v) is 7.29. The average Bonchev–Trinajstić information content (AvgIpc) is 2.31. The van der Waals surface area contributed by atoms with E-state index in [2.05, 4.69) is 17.3 Å². The van der Waals surface area contributed by atoms with Gasteiger partial charge >= 0.3 is 0 Å². The molecule has 1 rings (SSSR count). The summed E-state index contributed by atoms with van der Waals surface area (Å²) in [5.41, 5.74) is 3.54. The third kappa shape index (κ3) is 1.97. The fourth-order valence-corrected chi connectivity index (χ4v) is 0.905. The van der Waals surface area contributed by atoms with Crippen LogP contribution in [0.1, 0.15) is 17.3 Å². The Bertz CT molecular complexity index is 341. The van der Waals surface area contributed by atoms with Crippen molar-refractivity contribution in [3.63, 3.8) is 0 Å². The van der Waals surface area contributed by atoms with Crippen molar-refractivity contribution in [2.75, 3.05) is 0 Å². The molecule has 0 atom stereocenters. The van der Waals surface area contributed by atoms with Crippen LogP contribution in [0.25, 0.3) is 6.08 Å². The van der Waals surface area contributed by atoms with Crippen LogP contribution in [-0.2, 0) is 0 Å². The molecule has 0 radical (unpaired) electrons. The van der Waals surface area contributed by atoms with Crippen LogP contribution in [-0.4, -0.2) is 4.98 Å². The molecule has 0 aliphatic rings. The molecule has 0 unspecified atom stereocenters. The van der Waals surface area contributed by atoms with Crippen molar-refractivity contribution < 1.29 is 4.42 Å². The molecule has 0 aromatic carbocycles. The summed E-state index contributed by atoms with van der Waals surface area (Å²) in [4.78, 5) is 4.12. The third-order valence-corrected chi connectivity index (χ3v) is 1.40. The summed E-state index contributed by atoms with van der Waals surface area (Å²) in [5, 5.41) is 0. The maximum absolute atomic E-state index is 5.29. The van der Waals surface area contributed by atoms with Crippen LogP contribution in [0, 0.1) is 13.8 Å². The molecule has 1 aromatic rings. The van der Waals surface area contributed by atoms with E-state index in [4.69, 9.17) is 4.42 Å². The van der Waals surface area contributed by atoms with Gasteiger partial charge in [-0.05, 0) is 19.1 Å². The molecule has 0 N–H and O–H groups in total. The molecular weight excluding hydrogens is 150 g/mol. The molecule has 0 aliphatic heterocycles. The first-order valence-electron chi connectivity index (χ1n) is 3.70. The molecule has 2 heteroatoms. The Balaban J connectivity index is 2.88. The van der Waals surface area contributed by atoms with Crippen LogP contribution < -0.4 is 0 Å². The van der Waals surface area contributed by atoms with Gasteiger partial charge in [0, 0.05) is 6.92 Å². The zero-order chi connectivity index (χ0) is 8.97. The lowest BCUT2D eigenvalue weighted by molar-refractivity contribution is 0.512. The summed E-state index contributed by atoms with van der Waals surface area (Å²) in [6.45, 7) is 7.18. The van der Waals surface area contributed by atoms with Crippen molar-refractivity contribution in [3.05, 3.63) is 41.8 Å². The van der Waals surface area contributed by atoms with E-state index in [9.17, 15) is 0 Å². The maximum Gasteiger partial charge on any atom is 0.191 e. The lowest BCUT2D eigenvalue weighted by Gasteiger charge is -1.82. The van der Waals surface area contributed by atoms with Gasteiger partial charge < -0.3 is 4.42 Å². The highest BCUT2D eigenvalue weighted by Gasteiger charge is 2.00. The van der Waals surface area contributed by atoms with E-state index in [-0.39, 0.29) is 0 Å². The number of hydrogen-bond donors (Lipinski definition) is 0. The Hall–Kier alpha value is -1.53. The molecule has 2 nitrogen and oxygen atoms in total. The van der Waals surface area contributed by atoms with Crippen LogP contribution in [0.2, 0.25) is 0 Å². The van der Waals surface area contributed by atoms with Crippen LogP contribution in [0.4, 0.5) is 0 Å². The average molecular weight is 161 g/mol. The number of rotatable bonds is 2. The molecule has 62 valence electrons. The van der Waals surface area contributed by atoms with E-state index < -0.39 is 0 Å². The fraction of sp³-hybridized carbons (Fsp3) is 0.200. The molecule has 0 aliphatic carbocycles. The molecule has 0 saturated heterocycles. The molecule has 0 fully saturated rings. The summed E-state index contributed by atoms with van der Waals surface area (Å²) < 4.78 is 5.29. The van der Waals surface area contributed by atoms with Gasteiger partial charge in [0.2, 0.25) is 0 Å². The van der Waals surface area contributed by atoms with Gasteiger partial charge in [-0.2, -0.15) is 0 Å². The first kappa shape index (κ1) is 8.57. The lowest BCUT2D eigenvalue weighted by atomic mass is 10.3. The van der Waals surface area contributed by atoms with Gasteiger partial charge in [-0.1, -0.05) is 12.7 Å². The van der Waals surface area contributed by atoms with Gasteiger partial charge in [-0.25, -0.2) is 4.98 Å². The Labute approximate surface area is 71.9 Å². The smallest absolute Gasteiger partial charge is 0.191 e. The Morgan fingerprint density at radius 2 is 2.25 bits per heavy atom. The standard InChI is InChI=1S/C10H11NO/c1-4-5-6-7-10-8(2)11-9(3)12-10/h5-7H,1H2,2-3H3/b7-6-. The van der Waals surface area contributed by atoms with Crippen LogP contribution in [0.5, 0.6) is 0 Å². The molecule has 0 saturated carbocycles. The minimum Gasteiger partial charge on any atom is -0.441 e. The highest BCUT2D eigenvalue weighted by atomic mass is 16.4. The first-order valence-corrected chi connectivity index (χ1v) is 3.70. The highest BCUT2D eigenvalue weighted by molar-refractivity contribution is 5.47. The summed E-state index contributed by atoms with van der Waals surface area (Å²) in [5.74, 6) is 1.48. The summed E-state index contributed by atoms with van der Waals surface area (Å²) in [6, 6.07) is 0. The number of aromatic nitrogens is 1. The topological polar surface area (TPSA) is 26.0 Å². The van der Waals surface area contributed by atoms with E-state index in [1.54, 1.807) is 6.08 Å². The van der Waals surface area contributed by atoms with E-state index in [1.165, 1.54) is 0 Å². The normalized spacial score (nSPS) is 10.2. The second kappa shape index (κ2) is 3.74. The molecule has 0 amide bonds. The van der Waals surface area contributed by atoms with Crippen molar-refractivity contribution in [2.45, 2.75) is 13.8 Å². The van der Waals surface area contributed by atoms with Crippen molar-refractivity contribution >= 4 is 6.08 Å². The van der Waals surface area contributed by atoms with Crippen molar-refractivity contribution in [1.82, 2.24) is 4.98 Å². The SMILES string of the molecule is C=C=C/C=C\c1oc(C)nc1C. The molecule has 0 spiro atoms. The Morgan fingerprint density at radius 1 is 1.50 bits per heavy atom. The lowest BCUT2D eigenvalue weighted by Crippen LogP contribution is -1.72. The molecule has 1 aromatic heterocycles. The van der Waals surface area contributed by atoms with Crippen molar-refractivity contribution in [3.8, 4) is 0 Å². The van der Waals surface area contributed by atoms with Crippen molar-refractivity contribution in [2.24, 2.45) is 0 Å². The first-order chi connectivity index (χ1) is 5.74. The van der Waals surface area contributed by atoms with Crippen LogP contribution >= 0.6 is 0 Å².